The molecule has 7 nitrogen and oxygen atoms in total. The van der Waals surface area contributed by atoms with Gasteiger partial charge in [0.25, 0.3) is 0 Å². The average molecular weight is 311 g/mol. The maximum atomic E-state index is 12.1. The lowest BCUT2D eigenvalue weighted by Gasteiger charge is -2.12. The van der Waals surface area contributed by atoms with Crippen molar-refractivity contribution in [1.82, 2.24) is 19.9 Å². The number of likely N-dealkylation sites (tertiary alicyclic amines) is 1. The van der Waals surface area contributed by atoms with Crippen molar-refractivity contribution in [3.8, 4) is 5.69 Å². The highest BCUT2D eigenvalue weighted by Gasteiger charge is 2.28. The van der Waals surface area contributed by atoms with E-state index in [0.717, 1.165) is 5.69 Å². The van der Waals surface area contributed by atoms with Crippen molar-refractivity contribution < 1.29 is 9.59 Å². The zero-order chi connectivity index (χ0) is 16.2. The minimum absolute atomic E-state index is 0.150. The van der Waals surface area contributed by atoms with Crippen molar-refractivity contribution in [2.75, 3.05) is 13.1 Å². The number of nitrogens with zero attached hydrogens (tertiary/aromatic N) is 4. The Labute approximate surface area is 133 Å². The van der Waals surface area contributed by atoms with Crippen LogP contribution in [0.4, 0.5) is 0 Å². The molecule has 1 saturated heterocycles. The van der Waals surface area contributed by atoms with E-state index in [1.54, 1.807) is 17.2 Å². The highest BCUT2D eigenvalue weighted by atomic mass is 16.2. The number of carbonyl (C=O) groups is 2. The predicted octanol–water partition coefficient (Wildman–Crippen LogP) is 0.614. The number of carbonyl (C=O) groups excluding carboxylic acids is 2. The van der Waals surface area contributed by atoms with Crippen LogP contribution in [-0.2, 0) is 9.59 Å². The number of hydrogen-bond acceptors (Lipinski definition) is 4. The molecule has 0 saturated carbocycles. The number of aromatic nitrogens is 3. The summed E-state index contributed by atoms with van der Waals surface area (Å²) in [7, 11) is 0. The number of nitrogens with two attached hydrogens (primary N) is 1. The standard InChI is InChI=1S/C16H17N5O2/c17-16(23)12-8-9-20(11-12)15(22)7-6-13-10-18-21(19-13)14-4-2-1-3-5-14/h1-7,10,12H,8-9,11H2,(H2,17,23)/b7-6+. The van der Waals surface area contributed by atoms with E-state index < -0.39 is 0 Å². The van der Waals surface area contributed by atoms with Gasteiger partial charge in [-0.3, -0.25) is 9.59 Å². The quantitative estimate of drug-likeness (QED) is 0.837. The summed E-state index contributed by atoms with van der Waals surface area (Å²) in [6.07, 6.45) is 5.28. The third-order valence-corrected chi connectivity index (χ3v) is 3.80. The summed E-state index contributed by atoms with van der Waals surface area (Å²) in [6.45, 7) is 0.933. The molecule has 23 heavy (non-hydrogen) atoms. The van der Waals surface area contributed by atoms with Crippen LogP contribution >= 0.6 is 0 Å². The molecule has 7 heteroatoms. The summed E-state index contributed by atoms with van der Waals surface area (Å²) in [6, 6.07) is 9.52. The monoisotopic (exact) mass is 311 g/mol. The highest BCUT2D eigenvalue weighted by molar-refractivity contribution is 5.92. The largest absolute Gasteiger partial charge is 0.369 e. The molecule has 1 atom stereocenters. The van der Waals surface area contributed by atoms with Gasteiger partial charge >= 0.3 is 0 Å². The fourth-order valence-electron chi connectivity index (χ4n) is 2.49. The van der Waals surface area contributed by atoms with Crippen LogP contribution in [-0.4, -0.2) is 44.8 Å². The molecule has 1 aliphatic rings. The van der Waals surface area contributed by atoms with Gasteiger partial charge < -0.3 is 10.6 Å². The van der Waals surface area contributed by atoms with Gasteiger partial charge in [-0.15, -0.1) is 5.10 Å². The number of rotatable bonds is 4. The van der Waals surface area contributed by atoms with Gasteiger partial charge in [-0.2, -0.15) is 9.90 Å². The fraction of sp³-hybridized carbons (Fsp3) is 0.250. The van der Waals surface area contributed by atoms with Crippen molar-refractivity contribution >= 4 is 17.9 Å². The van der Waals surface area contributed by atoms with Gasteiger partial charge in [0.05, 0.1) is 17.8 Å². The van der Waals surface area contributed by atoms with Gasteiger partial charge in [0.15, 0.2) is 0 Å². The third-order valence-electron chi connectivity index (χ3n) is 3.80. The summed E-state index contributed by atoms with van der Waals surface area (Å²) in [5.74, 6) is -0.746. The first-order valence-corrected chi connectivity index (χ1v) is 7.37. The van der Waals surface area contributed by atoms with Gasteiger partial charge in [-0.1, -0.05) is 18.2 Å². The molecule has 3 rings (SSSR count). The van der Waals surface area contributed by atoms with E-state index in [0.29, 0.717) is 25.2 Å². The molecule has 2 aromatic rings. The molecule has 118 valence electrons. The Morgan fingerprint density at radius 2 is 2.04 bits per heavy atom. The molecule has 0 aliphatic carbocycles. The van der Waals surface area contributed by atoms with Crippen molar-refractivity contribution in [2.24, 2.45) is 11.7 Å². The summed E-state index contributed by atoms with van der Waals surface area (Å²) in [5, 5.41) is 8.46. The van der Waals surface area contributed by atoms with E-state index in [-0.39, 0.29) is 17.7 Å². The molecule has 1 aliphatic heterocycles. The van der Waals surface area contributed by atoms with Crippen LogP contribution in [0, 0.1) is 5.92 Å². The van der Waals surface area contributed by atoms with Crippen molar-refractivity contribution in [3.63, 3.8) is 0 Å². The second-order valence-electron chi connectivity index (χ2n) is 5.40. The average Bonchev–Trinajstić information content (AvgIpc) is 3.23. The van der Waals surface area contributed by atoms with Crippen molar-refractivity contribution in [2.45, 2.75) is 6.42 Å². The van der Waals surface area contributed by atoms with E-state index >= 15 is 0 Å². The summed E-state index contributed by atoms with van der Waals surface area (Å²) < 4.78 is 0. The number of amides is 2. The number of benzene rings is 1. The molecule has 2 N–H and O–H groups in total. The smallest absolute Gasteiger partial charge is 0.246 e. The lowest BCUT2D eigenvalue weighted by molar-refractivity contribution is -0.125. The van der Waals surface area contributed by atoms with Gasteiger partial charge in [-0.05, 0) is 24.6 Å². The molecular weight excluding hydrogens is 294 g/mol. The van der Waals surface area contributed by atoms with E-state index in [9.17, 15) is 9.59 Å². The SMILES string of the molecule is NC(=O)C1CCN(C(=O)/C=C/c2cnn(-c3ccccc3)n2)C1. The van der Waals surface area contributed by atoms with Crippen LogP contribution in [0.15, 0.2) is 42.6 Å². The maximum absolute atomic E-state index is 12.1. The van der Waals surface area contributed by atoms with Gasteiger partial charge in [0.2, 0.25) is 11.8 Å². The second kappa shape index (κ2) is 6.43. The molecule has 0 radical (unpaired) electrons. The Hall–Kier alpha value is -2.96. The molecule has 2 amide bonds. The van der Waals surface area contributed by atoms with Gasteiger partial charge in [0, 0.05) is 19.2 Å². The van der Waals surface area contributed by atoms with Crippen LogP contribution in [0.1, 0.15) is 12.1 Å². The molecule has 0 spiro atoms. The maximum Gasteiger partial charge on any atom is 0.246 e. The molecule has 0 bridgehead atoms. The van der Waals surface area contributed by atoms with Crippen molar-refractivity contribution in [1.29, 1.82) is 0 Å². The summed E-state index contributed by atoms with van der Waals surface area (Å²) in [4.78, 5) is 26.3. The first kappa shape index (κ1) is 15.0. The van der Waals surface area contributed by atoms with Crippen molar-refractivity contribution in [3.05, 3.63) is 48.3 Å². The minimum atomic E-state index is -0.352. The Kier molecular flexibility index (Phi) is 4.18. The van der Waals surface area contributed by atoms with Gasteiger partial charge in [0.1, 0.15) is 5.69 Å². The lowest BCUT2D eigenvalue weighted by atomic mass is 10.1. The predicted molar refractivity (Wildman–Crippen MR) is 84.3 cm³/mol. The van der Waals surface area contributed by atoms with Crippen LogP contribution in [0.2, 0.25) is 0 Å². The first-order valence-electron chi connectivity index (χ1n) is 7.37. The van der Waals surface area contributed by atoms with E-state index in [1.165, 1.54) is 10.9 Å². The topological polar surface area (TPSA) is 94.1 Å². The number of hydrogen-bond donors (Lipinski definition) is 1. The van der Waals surface area contributed by atoms with Crippen LogP contribution in [0.3, 0.4) is 0 Å². The molecule has 1 aromatic heterocycles. The van der Waals surface area contributed by atoms with E-state index in [4.69, 9.17) is 5.73 Å². The van der Waals surface area contributed by atoms with Gasteiger partial charge in [-0.25, -0.2) is 0 Å². The normalized spacial score (nSPS) is 17.7. The number of primary amides is 1. The van der Waals surface area contributed by atoms with Crippen LogP contribution < -0.4 is 5.73 Å². The van der Waals surface area contributed by atoms with E-state index in [2.05, 4.69) is 10.2 Å². The summed E-state index contributed by atoms with van der Waals surface area (Å²) in [5.41, 5.74) is 6.71. The highest BCUT2D eigenvalue weighted by Crippen LogP contribution is 2.16. The Morgan fingerprint density at radius 3 is 2.74 bits per heavy atom. The molecule has 2 heterocycles. The zero-order valence-electron chi connectivity index (χ0n) is 12.5. The van der Waals surface area contributed by atoms with Crippen LogP contribution in [0.25, 0.3) is 11.8 Å². The molecule has 1 unspecified atom stereocenters. The Balaban J connectivity index is 1.63. The summed E-state index contributed by atoms with van der Waals surface area (Å²) >= 11 is 0. The molecular formula is C16H17N5O2. The lowest BCUT2D eigenvalue weighted by Crippen LogP contribution is -2.30. The second-order valence-corrected chi connectivity index (χ2v) is 5.40. The van der Waals surface area contributed by atoms with Crippen LogP contribution in [0.5, 0.6) is 0 Å². The Bertz CT molecular complexity index is 738. The minimum Gasteiger partial charge on any atom is -0.369 e. The third kappa shape index (κ3) is 3.45. The molecule has 1 aromatic carbocycles. The zero-order valence-corrected chi connectivity index (χ0v) is 12.5. The Morgan fingerprint density at radius 1 is 1.26 bits per heavy atom. The number of para-hydroxylation sites is 1. The fourth-order valence-corrected chi connectivity index (χ4v) is 2.49. The molecule has 1 fully saturated rings. The van der Waals surface area contributed by atoms with E-state index in [1.807, 2.05) is 30.3 Å². The first-order chi connectivity index (χ1) is 11.1.